The molecule has 1 rings (SSSR count). The molecule has 9 heavy (non-hydrogen) atoms. The summed E-state index contributed by atoms with van der Waals surface area (Å²) in [7, 11) is 0. The summed E-state index contributed by atoms with van der Waals surface area (Å²) in [6, 6.07) is 0. The molecule has 3 nitrogen and oxygen atoms in total. The van der Waals surface area contributed by atoms with Crippen molar-refractivity contribution >= 4 is 22.6 Å². The summed E-state index contributed by atoms with van der Waals surface area (Å²) in [5.74, 6) is 0. The van der Waals surface area contributed by atoms with Crippen LogP contribution in [0.15, 0.2) is 11.0 Å². The molecule has 0 amide bonds. The van der Waals surface area contributed by atoms with Crippen LogP contribution in [0.3, 0.4) is 0 Å². The van der Waals surface area contributed by atoms with Crippen molar-refractivity contribution in [2.45, 2.75) is 10.8 Å². The van der Waals surface area contributed by atoms with Crippen LogP contribution < -0.4 is 5.56 Å². The maximum atomic E-state index is 10.8. The van der Waals surface area contributed by atoms with Gasteiger partial charge in [0.1, 0.15) is 0 Å². The third-order valence-corrected chi connectivity index (χ3v) is 1.78. The van der Waals surface area contributed by atoms with E-state index in [1.165, 1.54) is 0 Å². The Balaban J connectivity index is 3.08. The fourth-order valence-electron chi connectivity index (χ4n) is 0.613. The van der Waals surface area contributed by atoms with Crippen LogP contribution in [0.25, 0.3) is 0 Å². The predicted molar refractivity (Wildman–Crippen MR) is 43.8 cm³/mol. The number of hydrogen-bond acceptors (Lipinski definition) is 1. The maximum Gasteiger partial charge on any atom is 0.268 e. The van der Waals surface area contributed by atoms with Gasteiger partial charge in [-0.2, -0.15) is 0 Å². The van der Waals surface area contributed by atoms with Crippen molar-refractivity contribution in [2.24, 2.45) is 0 Å². The summed E-state index contributed by atoms with van der Waals surface area (Å²) in [5, 5.41) is 5.10. The first kappa shape index (κ1) is 6.85. The van der Waals surface area contributed by atoms with E-state index >= 15 is 0 Å². The van der Waals surface area contributed by atoms with Crippen molar-refractivity contribution in [2.75, 3.05) is 0 Å². The van der Waals surface area contributed by atoms with Crippen molar-refractivity contribution in [1.82, 2.24) is 10.2 Å². The lowest BCUT2D eigenvalue weighted by atomic mass is 10.3. The Labute approximate surface area is 66.0 Å². The Bertz CT molecular complexity index is 237. The number of aromatic amines is 2. The van der Waals surface area contributed by atoms with E-state index in [0.717, 1.165) is 5.56 Å². The highest BCUT2D eigenvalue weighted by atomic mass is 127. The molecule has 1 heterocycles. The molecule has 1 aromatic heterocycles. The first-order chi connectivity index (χ1) is 4.22. The van der Waals surface area contributed by atoms with E-state index in [-0.39, 0.29) is 9.48 Å². The third-order valence-electron chi connectivity index (χ3n) is 1.10. The molecular formula is C5H7IN2O. The van der Waals surface area contributed by atoms with Gasteiger partial charge < -0.3 is 5.10 Å². The van der Waals surface area contributed by atoms with Gasteiger partial charge in [-0.3, -0.25) is 9.89 Å². The molecule has 0 aliphatic carbocycles. The van der Waals surface area contributed by atoms with Gasteiger partial charge in [0.15, 0.2) is 0 Å². The van der Waals surface area contributed by atoms with E-state index in [2.05, 4.69) is 32.8 Å². The van der Waals surface area contributed by atoms with E-state index < -0.39 is 0 Å². The molecule has 1 atom stereocenters. The normalized spacial score (nSPS) is 13.6. The lowest BCUT2D eigenvalue weighted by Gasteiger charge is -1.91. The van der Waals surface area contributed by atoms with Crippen LogP contribution in [0.2, 0.25) is 0 Å². The molecule has 0 fully saturated rings. The number of nitrogens with one attached hydrogen (secondary N) is 2. The van der Waals surface area contributed by atoms with Crippen LogP contribution in [0.4, 0.5) is 0 Å². The van der Waals surface area contributed by atoms with Crippen molar-refractivity contribution in [3.05, 3.63) is 22.1 Å². The Morgan fingerprint density at radius 1 is 1.78 bits per heavy atom. The van der Waals surface area contributed by atoms with Gasteiger partial charge in [0, 0.05) is 15.7 Å². The molecule has 0 aromatic carbocycles. The molecule has 0 radical (unpaired) electrons. The zero-order valence-corrected chi connectivity index (χ0v) is 7.10. The second-order valence-electron chi connectivity index (χ2n) is 1.81. The van der Waals surface area contributed by atoms with E-state index in [4.69, 9.17) is 0 Å². The average molecular weight is 238 g/mol. The highest BCUT2D eigenvalue weighted by Crippen LogP contribution is 2.16. The number of hydrogen-bond donors (Lipinski definition) is 2. The Morgan fingerprint density at radius 3 is 2.67 bits per heavy atom. The van der Waals surface area contributed by atoms with Crippen molar-refractivity contribution in [3.63, 3.8) is 0 Å². The summed E-state index contributed by atoms with van der Waals surface area (Å²) >= 11 is 2.19. The minimum absolute atomic E-state index is 0.0168. The van der Waals surface area contributed by atoms with Gasteiger partial charge in [0.05, 0.1) is 0 Å². The van der Waals surface area contributed by atoms with E-state index in [1.807, 2.05) is 6.92 Å². The molecule has 50 valence electrons. The zero-order chi connectivity index (χ0) is 6.85. The van der Waals surface area contributed by atoms with Gasteiger partial charge in [0.25, 0.3) is 5.56 Å². The number of aromatic nitrogens is 2. The minimum Gasteiger partial charge on any atom is -0.305 e. The van der Waals surface area contributed by atoms with Gasteiger partial charge in [-0.05, 0) is 6.92 Å². The van der Waals surface area contributed by atoms with Crippen molar-refractivity contribution in [1.29, 1.82) is 0 Å². The van der Waals surface area contributed by atoms with Crippen LogP contribution in [0.5, 0.6) is 0 Å². The van der Waals surface area contributed by atoms with Gasteiger partial charge in [-0.1, -0.05) is 22.6 Å². The Hall–Kier alpha value is -0.260. The number of alkyl halides is 1. The topological polar surface area (TPSA) is 48.6 Å². The van der Waals surface area contributed by atoms with Gasteiger partial charge in [0.2, 0.25) is 0 Å². The molecular weight excluding hydrogens is 231 g/mol. The summed E-state index contributed by atoms with van der Waals surface area (Å²) < 4.78 is 0.276. The Kier molecular flexibility index (Phi) is 1.94. The summed E-state index contributed by atoms with van der Waals surface area (Å²) in [4.78, 5) is 10.8. The van der Waals surface area contributed by atoms with E-state index in [0.29, 0.717) is 0 Å². The predicted octanol–water partition coefficient (Wildman–Crippen LogP) is 1.20. The van der Waals surface area contributed by atoms with E-state index in [9.17, 15) is 4.79 Å². The summed E-state index contributed by atoms with van der Waals surface area (Å²) in [5.41, 5.74) is 0.785. The number of halogens is 1. The molecule has 1 aromatic rings. The fourth-order valence-corrected chi connectivity index (χ4v) is 1.08. The monoisotopic (exact) mass is 238 g/mol. The molecule has 4 heteroatoms. The SMILES string of the molecule is CC(I)c1c[nH][nH]c1=O. The fraction of sp³-hybridized carbons (Fsp3) is 0.400. The average Bonchev–Trinajstić information content (AvgIpc) is 2.13. The Morgan fingerprint density at radius 2 is 2.44 bits per heavy atom. The third kappa shape index (κ3) is 1.35. The highest BCUT2D eigenvalue weighted by molar-refractivity contribution is 14.1. The standard InChI is InChI=1S/C5H7IN2O/c1-3(6)4-2-7-8-5(4)9/h2-3H,1H3,(H2,7,8,9). The van der Waals surface area contributed by atoms with Crippen LogP contribution in [0, 0.1) is 0 Å². The van der Waals surface area contributed by atoms with Crippen LogP contribution >= 0.6 is 22.6 Å². The number of rotatable bonds is 1. The first-order valence-corrected chi connectivity index (χ1v) is 3.86. The lowest BCUT2D eigenvalue weighted by Crippen LogP contribution is -2.04. The molecule has 0 aliphatic rings. The lowest BCUT2D eigenvalue weighted by molar-refractivity contribution is 1.05. The summed E-state index contributed by atoms with van der Waals surface area (Å²) in [6.45, 7) is 1.97. The van der Waals surface area contributed by atoms with E-state index in [1.54, 1.807) is 6.20 Å². The molecule has 0 aliphatic heterocycles. The molecule has 0 saturated heterocycles. The first-order valence-electron chi connectivity index (χ1n) is 2.62. The second kappa shape index (κ2) is 2.55. The smallest absolute Gasteiger partial charge is 0.268 e. The quantitative estimate of drug-likeness (QED) is 0.560. The van der Waals surface area contributed by atoms with Crippen LogP contribution in [-0.4, -0.2) is 10.2 Å². The van der Waals surface area contributed by atoms with Crippen molar-refractivity contribution < 1.29 is 0 Å². The number of H-pyrrole nitrogens is 2. The van der Waals surface area contributed by atoms with Gasteiger partial charge in [-0.15, -0.1) is 0 Å². The van der Waals surface area contributed by atoms with Gasteiger partial charge >= 0.3 is 0 Å². The summed E-state index contributed by atoms with van der Waals surface area (Å²) in [6.07, 6.45) is 1.69. The molecule has 0 spiro atoms. The zero-order valence-electron chi connectivity index (χ0n) is 4.94. The molecule has 0 saturated carbocycles. The molecule has 1 unspecified atom stereocenters. The molecule has 2 N–H and O–H groups in total. The van der Waals surface area contributed by atoms with Crippen molar-refractivity contribution in [3.8, 4) is 0 Å². The van der Waals surface area contributed by atoms with Crippen LogP contribution in [-0.2, 0) is 0 Å². The highest BCUT2D eigenvalue weighted by Gasteiger charge is 2.04. The molecule has 0 bridgehead atoms. The van der Waals surface area contributed by atoms with Crippen LogP contribution in [0.1, 0.15) is 16.4 Å². The largest absolute Gasteiger partial charge is 0.305 e. The maximum absolute atomic E-state index is 10.8. The second-order valence-corrected chi connectivity index (χ2v) is 3.68. The van der Waals surface area contributed by atoms with Gasteiger partial charge in [-0.25, -0.2) is 0 Å². The minimum atomic E-state index is -0.0168.